The number of amides is 1. The van der Waals surface area contributed by atoms with E-state index in [0.29, 0.717) is 12.4 Å². The molecule has 5 heteroatoms. The minimum Gasteiger partial charge on any atom is -0.441 e. The van der Waals surface area contributed by atoms with Crippen LogP contribution in [0.4, 0.5) is 0 Å². The highest BCUT2D eigenvalue weighted by Crippen LogP contribution is 2.17. The first-order valence-electron chi connectivity index (χ1n) is 5.81. The highest BCUT2D eigenvalue weighted by molar-refractivity contribution is 5.76. The fraction of sp³-hybridized carbons (Fsp3) is 0.385. The Kier molecular flexibility index (Phi) is 3.62. The Morgan fingerprint density at radius 3 is 3.00 bits per heavy atom. The Hall–Kier alpha value is -1.88. The van der Waals surface area contributed by atoms with Crippen LogP contribution in [0.1, 0.15) is 17.9 Å². The minimum absolute atomic E-state index is 0.0775. The molecule has 5 nitrogen and oxygen atoms in total. The predicted octanol–water partition coefficient (Wildman–Crippen LogP) is 1.48. The number of hydrogen-bond acceptors (Lipinski definition) is 4. The van der Waals surface area contributed by atoms with Gasteiger partial charge in [0.25, 0.3) is 0 Å². The molecule has 0 aliphatic heterocycles. The van der Waals surface area contributed by atoms with Gasteiger partial charge >= 0.3 is 0 Å². The van der Waals surface area contributed by atoms with Gasteiger partial charge in [-0.25, -0.2) is 4.98 Å². The number of aliphatic hydroxyl groups excluding tert-OH is 1. The van der Waals surface area contributed by atoms with E-state index in [1.807, 2.05) is 18.2 Å². The van der Waals surface area contributed by atoms with Crippen molar-refractivity contribution in [2.24, 2.45) is 0 Å². The second-order valence-corrected chi connectivity index (χ2v) is 4.26. The number of aryl methyl sites for hydroxylation is 1. The molecule has 1 heterocycles. The number of nitrogens with zero attached hydrogens (tertiary/aromatic N) is 2. The van der Waals surface area contributed by atoms with Crippen LogP contribution >= 0.6 is 0 Å². The molecule has 0 aliphatic rings. The molecule has 96 valence electrons. The van der Waals surface area contributed by atoms with Crippen molar-refractivity contribution in [1.29, 1.82) is 0 Å². The molecule has 1 amide bonds. The zero-order valence-corrected chi connectivity index (χ0v) is 10.5. The van der Waals surface area contributed by atoms with Crippen molar-refractivity contribution >= 4 is 17.0 Å². The van der Waals surface area contributed by atoms with Crippen LogP contribution in [0.15, 0.2) is 22.6 Å². The molecule has 1 aromatic carbocycles. The summed E-state index contributed by atoms with van der Waals surface area (Å²) in [6.45, 7) is 2.18. The van der Waals surface area contributed by atoms with E-state index >= 15 is 0 Å². The fourth-order valence-electron chi connectivity index (χ4n) is 1.83. The largest absolute Gasteiger partial charge is 0.441 e. The maximum atomic E-state index is 11.5. The summed E-state index contributed by atoms with van der Waals surface area (Å²) in [5.41, 5.74) is 2.53. The quantitative estimate of drug-likeness (QED) is 0.890. The molecule has 0 unspecified atom stereocenters. The lowest BCUT2D eigenvalue weighted by Gasteiger charge is -2.16. The van der Waals surface area contributed by atoms with Crippen LogP contribution in [0.2, 0.25) is 0 Å². The molecule has 1 N–H and O–H groups in total. The van der Waals surface area contributed by atoms with Crippen molar-refractivity contribution in [3.05, 3.63) is 29.7 Å². The molecular formula is C13H16N2O3. The van der Waals surface area contributed by atoms with Gasteiger partial charge in [-0.15, -0.1) is 0 Å². The average Bonchev–Trinajstić information content (AvgIpc) is 2.68. The Labute approximate surface area is 105 Å². The normalized spacial score (nSPS) is 10.8. The zero-order valence-electron chi connectivity index (χ0n) is 10.5. The molecule has 1 aromatic heterocycles. The highest BCUT2D eigenvalue weighted by atomic mass is 16.3. The van der Waals surface area contributed by atoms with Crippen molar-refractivity contribution in [2.45, 2.75) is 19.9 Å². The first-order chi connectivity index (χ1) is 8.60. The molecule has 0 fully saturated rings. The highest BCUT2D eigenvalue weighted by Gasteiger charge is 2.10. The van der Waals surface area contributed by atoms with Gasteiger partial charge in [-0.05, 0) is 17.7 Å². The third kappa shape index (κ3) is 2.68. The summed E-state index contributed by atoms with van der Waals surface area (Å²) < 4.78 is 5.44. The number of carbonyl (C=O) groups excluding carboxylic acids is 1. The van der Waals surface area contributed by atoms with E-state index in [2.05, 4.69) is 4.98 Å². The van der Waals surface area contributed by atoms with Crippen LogP contribution in [0.3, 0.4) is 0 Å². The lowest BCUT2D eigenvalue weighted by molar-refractivity contribution is -0.131. The van der Waals surface area contributed by atoms with Crippen molar-refractivity contribution in [1.82, 2.24) is 9.88 Å². The maximum absolute atomic E-state index is 11.5. The monoisotopic (exact) mass is 248 g/mol. The van der Waals surface area contributed by atoms with Gasteiger partial charge in [-0.1, -0.05) is 6.07 Å². The molecule has 0 saturated carbocycles. The second-order valence-electron chi connectivity index (χ2n) is 4.26. The summed E-state index contributed by atoms with van der Waals surface area (Å²) >= 11 is 0. The summed E-state index contributed by atoms with van der Waals surface area (Å²) in [6.07, 6.45) is 0.153. The Bertz CT molecular complexity index is 562. The van der Waals surface area contributed by atoms with E-state index < -0.39 is 0 Å². The van der Waals surface area contributed by atoms with E-state index in [-0.39, 0.29) is 18.9 Å². The Morgan fingerprint density at radius 2 is 2.28 bits per heavy atom. The van der Waals surface area contributed by atoms with Gasteiger partial charge < -0.3 is 14.4 Å². The summed E-state index contributed by atoms with van der Waals surface area (Å²) in [5.74, 6) is 0.554. The summed E-state index contributed by atoms with van der Waals surface area (Å²) in [6, 6.07) is 5.69. The lowest BCUT2D eigenvalue weighted by atomic mass is 10.2. The first kappa shape index (κ1) is 12.6. The minimum atomic E-state index is -0.122. The number of fused-ring (bicyclic) bond motifs is 1. The number of aromatic nitrogens is 1. The predicted molar refractivity (Wildman–Crippen MR) is 66.9 cm³/mol. The smallest absolute Gasteiger partial charge is 0.224 e. The second kappa shape index (κ2) is 5.18. The van der Waals surface area contributed by atoms with E-state index in [1.165, 1.54) is 0 Å². The van der Waals surface area contributed by atoms with Crippen LogP contribution in [-0.4, -0.2) is 34.6 Å². The van der Waals surface area contributed by atoms with Crippen LogP contribution in [-0.2, 0) is 11.3 Å². The number of rotatable bonds is 4. The van der Waals surface area contributed by atoms with Crippen LogP contribution in [0.5, 0.6) is 0 Å². The van der Waals surface area contributed by atoms with Gasteiger partial charge in [-0.3, -0.25) is 4.79 Å². The number of hydrogen-bond donors (Lipinski definition) is 1. The summed E-state index contributed by atoms with van der Waals surface area (Å²) in [4.78, 5) is 17.3. The van der Waals surface area contributed by atoms with Crippen molar-refractivity contribution in [2.75, 3.05) is 13.7 Å². The topological polar surface area (TPSA) is 66.6 Å². The maximum Gasteiger partial charge on any atom is 0.224 e. The summed E-state index contributed by atoms with van der Waals surface area (Å²) in [5, 5.41) is 8.72. The molecule has 18 heavy (non-hydrogen) atoms. The van der Waals surface area contributed by atoms with Crippen molar-refractivity contribution < 1.29 is 14.3 Å². The van der Waals surface area contributed by atoms with Crippen LogP contribution < -0.4 is 0 Å². The van der Waals surface area contributed by atoms with E-state index in [9.17, 15) is 4.79 Å². The first-order valence-corrected chi connectivity index (χ1v) is 5.81. The molecule has 0 spiro atoms. The van der Waals surface area contributed by atoms with E-state index in [4.69, 9.17) is 9.52 Å². The molecule has 0 saturated heterocycles. The lowest BCUT2D eigenvalue weighted by Crippen LogP contribution is -2.26. The Balaban J connectivity index is 2.13. The third-order valence-corrected chi connectivity index (χ3v) is 2.73. The Morgan fingerprint density at radius 1 is 1.50 bits per heavy atom. The van der Waals surface area contributed by atoms with Gasteiger partial charge in [0, 0.05) is 26.9 Å². The SMILES string of the molecule is Cc1nc2ccc(CN(C)C(=O)CCO)cc2o1. The van der Waals surface area contributed by atoms with Crippen LogP contribution in [0, 0.1) is 6.92 Å². The van der Waals surface area contributed by atoms with Crippen LogP contribution in [0.25, 0.3) is 11.1 Å². The fourth-order valence-corrected chi connectivity index (χ4v) is 1.83. The van der Waals surface area contributed by atoms with Gasteiger partial charge in [0.15, 0.2) is 11.5 Å². The van der Waals surface area contributed by atoms with Crippen molar-refractivity contribution in [3.8, 4) is 0 Å². The standard InChI is InChI=1S/C13H16N2O3/c1-9-14-11-4-3-10(7-12(11)18-9)8-15(2)13(17)5-6-16/h3-4,7,16H,5-6,8H2,1-2H3. The number of aliphatic hydroxyl groups is 1. The van der Waals surface area contributed by atoms with Crippen molar-refractivity contribution in [3.63, 3.8) is 0 Å². The van der Waals surface area contributed by atoms with Gasteiger partial charge in [0.1, 0.15) is 5.52 Å². The van der Waals surface area contributed by atoms with E-state index in [0.717, 1.165) is 16.7 Å². The molecule has 2 rings (SSSR count). The summed E-state index contributed by atoms with van der Waals surface area (Å²) in [7, 11) is 1.72. The van der Waals surface area contributed by atoms with Gasteiger partial charge in [0.2, 0.25) is 5.91 Å². The zero-order chi connectivity index (χ0) is 13.1. The molecule has 0 aliphatic carbocycles. The molecular weight excluding hydrogens is 232 g/mol. The van der Waals surface area contributed by atoms with E-state index in [1.54, 1.807) is 18.9 Å². The third-order valence-electron chi connectivity index (χ3n) is 2.73. The molecule has 0 atom stereocenters. The van der Waals surface area contributed by atoms with Gasteiger partial charge in [-0.2, -0.15) is 0 Å². The average molecular weight is 248 g/mol. The van der Waals surface area contributed by atoms with Gasteiger partial charge in [0.05, 0.1) is 6.61 Å². The molecule has 0 radical (unpaired) electrons. The number of benzene rings is 1. The number of oxazole rings is 1. The molecule has 0 bridgehead atoms. The molecule has 2 aromatic rings. The number of carbonyl (C=O) groups is 1.